The van der Waals surface area contributed by atoms with Crippen LogP contribution in [-0.2, 0) is 0 Å². The summed E-state index contributed by atoms with van der Waals surface area (Å²) in [6.45, 7) is 0. The Labute approximate surface area is 648 Å². The molecule has 8 heterocycles. The number of benzene rings is 13. The SMILES string of the molecule is N#Cc1ccc2c(c1)c1ccccc1n2-c1cccc(-n2c3ccccc3c3cc(C#N)ccc32)n1.[HH].[HH].[HH].[HH].[HH].[HH].[HH].[HH].[HH].[HH].[HH].[HH].[HH].[HH].[HH].[HH].[HH].[HH].[HH].[HH].[HH].[HH].[HH].[HH].[HH].[HH].[HH].[HH].[HH].[HH].[HH].[HH].[HH].[HH].[HH].[HH].[HH].[HH].[HH].[HH].[HH].[HH].[HH].[HH].[HH].[HH].[HH].[HH].[HH].[HH].[HH].c1cc(-n2c3ccccc3c3ccccc32)cc(-n2c3ccccc3c3ccccc32)c1.c1cc(-n2c3ccccc3c3ccccc32)nc(-n2c3ccccc3c3ccccc32)c1. The van der Waals surface area contributed by atoms with E-state index in [4.69, 9.17) is 9.97 Å². The Balaban J connectivity index is -0.0000000382. The summed E-state index contributed by atoms with van der Waals surface area (Å²) in [7, 11) is 0. The lowest BCUT2D eigenvalue weighted by atomic mass is 10.1. The van der Waals surface area contributed by atoms with Crippen molar-refractivity contribution in [2.75, 3.05) is 0 Å². The summed E-state index contributed by atoms with van der Waals surface area (Å²) in [6, 6.07) is 123. The van der Waals surface area contributed by atoms with Crippen molar-refractivity contribution in [1.29, 1.82) is 10.5 Å². The highest BCUT2D eigenvalue weighted by molar-refractivity contribution is 6.14. The van der Waals surface area contributed by atoms with E-state index in [9.17, 15) is 10.5 Å². The van der Waals surface area contributed by atoms with Gasteiger partial charge in [0.2, 0.25) is 0 Å². The molecule has 0 aliphatic heterocycles. The molecular weight excluding hydrogens is 1220 g/mol. The summed E-state index contributed by atoms with van der Waals surface area (Å²) in [5.74, 6) is 3.43. The zero-order valence-corrected chi connectivity index (χ0v) is 53.8. The van der Waals surface area contributed by atoms with Crippen LogP contribution in [0.3, 0.4) is 0 Å². The third-order valence-electron chi connectivity index (χ3n) is 19.6. The molecule has 0 radical (unpaired) electrons. The number of fused-ring (bicyclic) bond motifs is 18. The molecule has 0 aliphatic rings. The summed E-state index contributed by atoms with van der Waals surface area (Å²) in [5, 5.41) is 33.2. The minimum Gasteiger partial charge on any atom is -0.309 e. The van der Waals surface area contributed by atoms with Crippen LogP contribution in [0.5, 0.6) is 0 Å². The second-order valence-electron chi connectivity index (χ2n) is 25.1. The normalized spacial score (nSPS) is 11.6. The average molecular weight is 1380 g/mol. The van der Waals surface area contributed by atoms with Gasteiger partial charge in [-0.15, -0.1) is 0 Å². The predicted octanol–water partition coefficient (Wildman–Crippen LogP) is 34.7. The van der Waals surface area contributed by atoms with Crippen LogP contribution in [-0.4, -0.2) is 37.4 Å². The van der Waals surface area contributed by atoms with Crippen molar-refractivity contribution < 1.29 is 72.8 Å². The first-order valence-corrected chi connectivity index (χ1v) is 33.4. The van der Waals surface area contributed by atoms with Gasteiger partial charge >= 0.3 is 0 Å². The summed E-state index contributed by atoms with van der Waals surface area (Å²) in [4.78, 5) is 10.3. The van der Waals surface area contributed by atoms with Crippen molar-refractivity contribution in [3.63, 3.8) is 0 Å². The van der Waals surface area contributed by atoms with Crippen LogP contribution >= 0.6 is 0 Å². The van der Waals surface area contributed by atoms with Crippen LogP contribution in [0, 0.1) is 22.7 Å². The standard InChI is InChI=1S/C31H17N5.C30H20N2.C29H19N3.51H2/c32-18-20-12-14-28-24(16-20)22-6-1-3-8-26(22)35(28)30-10-5-11-31(34-30)36-27-9-4-2-7-23(27)25-17-21(19-33)13-15-29(25)36;1-5-16-27-23(12-1)24-13-2-6-17-28(24)31(27)21-10-9-11-22(20-21)32-29-18-7-3-14-25(29)26-15-4-8-19-30(26)32;1-5-14-24-20(10-1)21-11-2-6-15-25(21)31(24)28-18-9-19-29(30-28)32-26-16-7-3-12-22(26)23-13-4-8-17-27(23)32;;;;;;;;;;;;;;;;;;;;;;;;;;;;;;;;;;;;;;;;;;;;;;;;;;;/h1-17H;1-20H;1-19H;51*1H. The molecule has 0 atom stereocenters. The van der Waals surface area contributed by atoms with Crippen molar-refractivity contribution in [3.05, 3.63) is 351 Å². The number of hydrogen-bond acceptors (Lipinski definition) is 4. The van der Waals surface area contributed by atoms with Crippen molar-refractivity contribution in [1.82, 2.24) is 37.4 Å². The lowest BCUT2D eigenvalue weighted by Crippen LogP contribution is -2.03. The number of para-hydroxylation sites is 10. The molecule has 0 saturated carbocycles. The van der Waals surface area contributed by atoms with Crippen LogP contribution in [0.15, 0.2) is 340 Å². The monoisotopic (exact) mass is 1380 g/mol. The summed E-state index contributed by atoms with van der Waals surface area (Å²) in [5.41, 5.74) is 17.3. The van der Waals surface area contributed by atoms with Gasteiger partial charge in [-0.05, 0) is 140 Å². The molecule has 0 N–H and O–H groups in total. The fourth-order valence-corrected chi connectivity index (χ4v) is 15.4. The van der Waals surface area contributed by atoms with Gasteiger partial charge in [0.25, 0.3) is 0 Å². The van der Waals surface area contributed by atoms with Crippen molar-refractivity contribution in [2.24, 2.45) is 0 Å². The Morgan fingerprint density at radius 3 is 0.630 bits per heavy atom. The van der Waals surface area contributed by atoms with Gasteiger partial charge in [0.1, 0.15) is 23.3 Å². The van der Waals surface area contributed by atoms with E-state index in [1.54, 1.807) is 0 Å². The third kappa shape index (κ3) is 9.10. The van der Waals surface area contributed by atoms with Crippen LogP contribution in [0.2, 0.25) is 0 Å². The number of pyridine rings is 2. The average Bonchev–Trinajstić information content (AvgIpc) is 1.58. The Morgan fingerprint density at radius 2 is 0.390 bits per heavy atom. The molecule has 0 aliphatic carbocycles. The molecule has 0 unspecified atom stereocenters. The highest BCUT2D eigenvalue weighted by atomic mass is 15.2. The molecule has 0 amide bonds. The predicted molar refractivity (Wildman–Crippen MR) is 518 cm³/mol. The van der Waals surface area contributed by atoms with Crippen LogP contribution in [0.4, 0.5) is 0 Å². The number of rotatable bonds is 6. The second kappa shape index (κ2) is 23.4. The van der Waals surface area contributed by atoms with Gasteiger partial charge < -0.3 is 9.13 Å². The smallest absolute Gasteiger partial charge is 0.140 e. The molecule has 100 heavy (non-hydrogen) atoms. The van der Waals surface area contributed by atoms with E-state index in [1.807, 2.05) is 78.9 Å². The summed E-state index contributed by atoms with van der Waals surface area (Å²) < 4.78 is 13.6. The first-order valence-electron chi connectivity index (χ1n) is 33.4. The summed E-state index contributed by atoms with van der Waals surface area (Å²) >= 11 is 0. The number of nitriles is 2. The maximum Gasteiger partial charge on any atom is 0.140 e. The molecule has 0 fully saturated rings. The molecule has 21 rings (SSSR count). The highest BCUT2D eigenvalue weighted by Gasteiger charge is 2.21. The molecular formula is C90H158N10. The zero-order chi connectivity index (χ0) is 66.4. The van der Waals surface area contributed by atoms with Crippen molar-refractivity contribution in [2.45, 2.75) is 0 Å². The topological polar surface area (TPSA) is 103 Å². The van der Waals surface area contributed by atoms with Gasteiger partial charge in [0.05, 0.1) is 89.5 Å². The second-order valence-corrected chi connectivity index (χ2v) is 25.1. The third-order valence-corrected chi connectivity index (χ3v) is 19.6. The first-order chi connectivity index (χ1) is 49.6. The van der Waals surface area contributed by atoms with E-state index in [0.717, 1.165) is 66.9 Å². The van der Waals surface area contributed by atoms with Gasteiger partial charge in [0.15, 0.2) is 0 Å². The maximum atomic E-state index is 9.45. The van der Waals surface area contributed by atoms with Gasteiger partial charge in [-0.1, -0.05) is 200 Å². The molecule has 8 aromatic heterocycles. The Hall–Kier alpha value is -14.1. The minimum atomic E-state index is 0. The quantitative estimate of drug-likeness (QED) is 0.165. The Morgan fingerprint density at radius 1 is 0.190 bits per heavy atom. The molecule has 13 aromatic carbocycles. The molecule has 10 nitrogen and oxygen atoms in total. The lowest BCUT2D eigenvalue weighted by Gasteiger charge is -2.12. The number of hydrogen-bond donors (Lipinski definition) is 0. The van der Waals surface area contributed by atoms with E-state index < -0.39 is 0 Å². The van der Waals surface area contributed by atoms with Crippen LogP contribution in [0.25, 0.3) is 165 Å². The van der Waals surface area contributed by atoms with Crippen LogP contribution < -0.4 is 0 Å². The lowest BCUT2D eigenvalue weighted by molar-refractivity contribution is 1.01. The molecule has 0 saturated heterocycles. The van der Waals surface area contributed by atoms with Gasteiger partial charge in [-0.3, -0.25) is 18.3 Å². The van der Waals surface area contributed by atoms with Gasteiger partial charge in [0, 0.05) is 149 Å². The molecule has 568 valence electrons. The van der Waals surface area contributed by atoms with E-state index in [-0.39, 0.29) is 72.8 Å². The maximum absolute atomic E-state index is 9.45. The minimum absolute atomic E-state index is 0. The van der Waals surface area contributed by atoms with Crippen molar-refractivity contribution in [3.8, 4) is 46.8 Å². The van der Waals surface area contributed by atoms with E-state index >= 15 is 0 Å². The molecule has 21 aromatic rings. The van der Waals surface area contributed by atoms with Gasteiger partial charge in [-0.2, -0.15) is 10.5 Å². The van der Waals surface area contributed by atoms with Crippen molar-refractivity contribution >= 4 is 131 Å². The van der Waals surface area contributed by atoms with E-state index in [2.05, 4.69) is 300 Å². The molecule has 0 bridgehead atoms. The Bertz CT molecular complexity index is 6230. The zero-order valence-electron chi connectivity index (χ0n) is 53.8. The van der Waals surface area contributed by atoms with Gasteiger partial charge in [-0.25, -0.2) is 9.97 Å². The Kier molecular flexibility index (Phi) is 13.4. The first kappa shape index (κ1) is 57.4. The highest BCUT2D eigenvalue weighted by Crippen LogP contribution is 2.40. The number of nitrogens with zero attached hydrogens (tertiary/aromatic N) is 10. The fourth-order valence-electron chi connectivity index (χ4n) is 15.4. The fraction of sp³-hybridized carbons (Fsp3) is 0. The van der Waals surface area contributed by atoms with E-state index in [0.29, 0.717) is 11.1 Å². The largest absolute Gasteiger partial charge is 0.309 e. The van der Waals surface area contributed by atoms with E-state index in [1.165, 1.54) is 98.6 Å². The summed E-state index contributed by atoms with van der Waals surface area (Å²) in [6.07, 6.45) is 0. The molecule has 10 heteroatoms. The molecule has 0 spiro atoms. The number of aromatic nitrogens is 8. The van der Waals surface area contributed by atoms with Crippen LogP contribution in [0.1, 0.15) is 83.9 Å².